The molecule has 3 rings (SSSR count). The summed E-state index contributed by atoms with van der Waals surface area (Å²) in [5.74, 6) is -0.642. The molecule has 1 N–H and O–H groups in total. The number of thiophene rings is 1. The van der Waals surface area contributed by atoms with Crippen molar-refractivity contribution in [2.75, 3.05) is 39.4 Å². The Morgan fingerprint density at radius 3 is 2.45 bits per heavy atom. The number of urea groups is 1. The van der Waals surface area contributed by atoms with Gasteiger partial charge in [0.1, 0.15) is 0 Å². The molecular weight excluding hydrogens is 418 g/mol. The van der Waals surface area contributed by atoms with Crippen LogP contribution in [0.3, 0.4) is 0 Å². The first-order chi connectivity index (χ1) is 15.0. The van der Waals surface area contributed by atoms with E-state index in [1.54, 1.807) is 11.8 Å². The van der Waals surface area contributed by atoms with Crippen molar-refractivity contribution in [2.24, 2.45) is 5.92 Å². The number of carbonyl (C=O) groups excluding carboxylic acids is 3. The number of rotatable bonds is 8. The fourth-order valence-corrected chi connectivity index (χ4v) is 4.83. The number of nitrogens with zero attached hydrogens (tertiary/aromatic N) is 2. The van der Waals surface area contributed by atoms with Crippen molar-refractivity contribution in [2.45, 2.75) is 39.7 Å². The van der Waals surface area contributed by atoms with Gasteiger partial charge in [0.15, 0.2) is 0 Å². The number of nitrogens with one attached hydrogen (secondary N) is 1. The standard InChI is InChI=1S/C22H31N3O5S/c1-4-25-17(13-24-10-7-15(8-11-24)20(26)29-5-2)18(21(27)30-6-3)19(23-22(25)28)16-9-12-31-14-16/h9,12,14-15,19H,4-8,10-11,13H2,1-3H3,(H,23,28). The van der Waals surface area contributed by atoms with Gasteiger partial charge in [-0.2, -0.15) is 11.3 Å². The molecule has 0 saturated carbocycles. The van der Waals surface area contributed by atoms with E-state index in [4.69, 9.17) is 9.47 Å². The Balaban J connectivity index is 1.88. The lowest BCUT2D eigenvalue weighted by molar-refractivity contribution is -0.149. The largest absolute Gasteiger partial charge is 0.466 e. The molecule has 1 aromatic rings. The lowest BCUT2D eigenvalue weighted by atomic mass is 9.94. The highest BCUT2D eigenvalue weighted by molar-refractivity contribution is 7.08. The lowest BCUT2D eigenvalue weighted by Gasteiger charge is -2.39. The molecule has 2 amide bonds. The highest BCUT2D eigenvalue weighted by Gasteiger charge is 2.39. The first kappa shape index (κ1) is 23.3. The predicted molar refractivity (Wildman–Crippen MR) is 117 cm³/mol. The van der Waals surface area contributed by atoms with Crippen LogP contribution in [0.15, 0.2) is 28.1 Å². The molecule has 1 fully saturated rings. The Hall–Kier alpha value is -2.39. The molecule has 0 aromatic carbocycles. The second kappa shape index (κ2) is 10.8. The Labute approximate surface area is 187 Å². The van der Waals surface area contributed by atoms with Gasteiger partial charge in [-0.25, -0.2) is 9.59 Å². The summed E-state index contributed by atoms with van der Waals surface area (Å²) >= 11 is 1.52. The van der Waals surface area contributed by atoms with Crippen LogP contribution in [0.25, 0.3) is 0 Å². The van der Waals surface area contributed by atoms with E-state index in [0.29, 0.717) is 56.9 Å². The summed E-state index contributed by atoms with van der Waals surface area (Å²) in [6.45, 7) is 8.42. The molecule has 1 saturated heterocycles. The number of esters is 2. The van der Waals surface area contributed by atoms with Crippen molar-refractivity contribution in [3.05, 3.63) is 33.7 Å². The van der Waals surface area contributed by atoms with E-state index in [-0.39, 0.29) is 24.5 Å². The van der Waals surface area contributed by atoms with Gasteiger partial charge in [-0.15, -0.1) is 0 Å². The number of hydrogen-bond acceptors (Lipinski definition) is 7. The van der Waals surface area contributed by atoms with Gasteiger partial charge in [0.05, 0.1) is 30.7 Å². The van der Waals surface area contributed by atoms with Crippen LogP contribution in [0.2, 0.25) is 0 Å². The van der Waals surface area contributed by atoms with Crippen molar-refractivity contribution in [3.63, 3.8) is 0 Å². The van der Waals surface area contributed by atoms with Crippen molar-refractivity contribution < 1.29 is 23.9 Å². The predicted octanol–water partition coefficient (Wildman–Crippen LogP) is 2.93. The average Bonchev–Trinajstić information content (AvgIpc) is 3.29. The Morgan fingerprint density at radius 2 is 1.87 bits per heavy atom. The minimum atomic E-state index is -0.535. The number of amides is 2. The molecule has 1 atom stereocenters. The number of likely N-dealkylation sites (tertiary alicyclic amines) is 1. The van der Waals surface area contributed by atoms with Crippen LogP contribution >= 0.6 is 11.3 Å². The first-order valence-electron chi connectivity index (χ1n) is 10.9. The van der Waals surface area contributed by atoms with Crippen molar-refractivity contribution in [1.82, 2.24) is 15.1 Å². The zero-order chi connectivity index (χ0) is 22.4. The van der Waals surface area contributed by atoms with E-state index < -0.39 is 12.0 Å². The Morgan fingerprint density at radius 1 is 1.16 bits per heavy atom. The number of carbonyl (C=O) groups is 3. The molecule has 9 heteroatoms. The summed E-state index contributed by atoms with van der Waals surface area (Å²) in [6, 6.07) is 1.16. The molecule has 1 unspecified atom stereocenters. The quantitative estimate of drug-likeness (QED) is 0.614. The third-order valence-corrected chi connectivity index (χ3v) is 6.41. The minimum absolute atomic E-state index is 0.0924. The number of likely N-dealkylation sites (N-methyl/N-ethyl adjacent to an activating group) is 1. The minimum Gasteiger partial charge on any atom is -0.466 e. The van der Waals surface area contributed by atoms with Gasteiger partial charge in [0.25, 0.3) is 0 Å². The average molecular weight is 450 g/mol. The maximum Gasteiger partial charge on any atom is 0.338 e. The Kier molecular flexibility index (Phi) is 8.09. The van der Waals surface area contributed by atoms with Crippen LogP contribution < -0.4 is 5.32 Å². The molecule has 31 heavy (non-hydrogen) atoms. The zero-order valence-corrected chi connectivity index (χ0v) is 19.2. The molecular formula is C22H31N3O5S. The first-order valence-corrected chi connectivity index (χ1v) is 11.8. The molecule has 0 aliphatic carbocycles. The SMILES string of the molecule is CCOC(=O)C1=C(CN2CCC(C(=O)OCC)CC2)N(CC)C(=O)NC1c1ccsc1. The van der Waals surface area contributed by atoms with Gasteiger partial charge in [-0.05, 0) is 69.1 Å². The highest BCUT2D eigenvalue weighted by Crippen LogP contribution is 2.33. The molecule has 0 radical (unpaired) electrons. The van der Waals surface area contributed by atoms with Crippen LogP contribution in [0.4, 0.5) is 4.79 Å². The normalized spacial score (nSPS) is 20.5. The van der Waals surface area contributed by atoms with Gasteiger partial charge in [-0.1, -0.05) is 0 Å². The van der Waals surface area contributed by atoms with E-state index in [2.05, 4.69) is 10.2 Å². The second-order valence-corrected chi connectivity index (χ2v) is 8.35. The van der Waals surface area contributed by atoms with E-state index in [1.165, 1.54) is 11.3 Å². The van der Waals surface area contributed by atoms with E-state index in [1.807, 2.05) is 30.7 Å². The van der Waals surface area contributed by atoms with Gasteiger partial charge in [-0.3, -0.25) is 14.6 Å². The third-order valence-electron chi connectivity index (χ3n) is 5.71. The van der Waals surface area contributed by atoms with E-state index in [9.17, 15) is 14.4 Å². The van der Waals surface area contributed by atoms with Crippen LogP contribution in [-0.4, -0.2) is 67.2 Å². The maximum absolute atomic E-state index is 13.0. The summed E-state index contributed by atoms with van der Waals surface area (Å²) in [5, 5.41) is 6.83. The smallest absolute Gasteiger partial charge is 0.338 e. The van der Waals surface area contributed by atoms with Crippen LogP contribution in [0.5, 0.6) is 0 Å². The number of ether oxygens (including phenoxy) is 2. The van der Waals surface area contributed by atoms with Gasteiger partial charge < -0.3 is 14.8 Å². The highest BCUT2D eigenvalue weighted by atomic mass is 32.1. The molecule has 8 nitrogen and oxygen atoms in total. The van der Waals surface area contributed by atoms with E-state index >= 15 is 0 Å². The molecule has 1 aromatic heterocycles. The summed E-state index contributed by atoms with van der Waals surface area (Å²) < 4.78 is 10.5. The Bertz CT molecular complexity index is 815. The topological polar surface area (TPSA) is 88.2 Å². The molecule has 3 heterocycles. The van der Waals surface area contributed by atoms with Gasteiger partial charge in [0.2, 0.25) is 0 Å². The second-order valence-electron chi connectivity index (χ2n) is 7.57. The lowest BCUT2D eigenvalue weighted by Crippen LogP contribution is -2.51. The third kappa shape index (κ3) is 5.27. The molecule has 2 aliphatic heterocycles. The van der Waals surface area contributed by atoms with Crippen molar-refractivity contribution in [1.29, 1.82) is 0 Å². The van der Waals surface area contributed by atoms with Crippen LogP contribution in [-0.2, 0) is 19.1 Å². The maximum atomic E-state index is 13.0. The summed E-state index contributed by atoms with van der Waals surface area (Å²) in [6.07, 6.45) is 1.40. The molecule has 0 bridgehead atoms. The van der Waals surface area contributed by atoms with Crippen molar-refractivity contribution in [3.8, 4) is 0 Å². The summed E-state index contributed by atoms with van der Waals surface area (Å²) in [7, 11) is 0. The van der Waals surface area contributed by atoms with E-state index in [0.717, 1.165) is 5.56 Å². The number of piperidine rings is 1. The van der Waals surface area contributed by atoms with Gasteiger partial charge in [0, 0.05) is 18.8 Å². The monoisotopic (exact) mass is 449 g/mol. The number of hydrogen-bond donors (Lipinski definition) is 1. The van der Waals surface area contributed by atoms with Crippen LogP contribution in [0, 0.1) is 5.92 Å². The zero-order valence-electron chi connectivity index (χ0n) is 18.4. The van der Waals surface area contributed by atoms with Gasteiger partial charge >= 0.3 is 18.0 Å². The molecule has 2 aliphatic rings. The van der Waals surface area contributed by atoms with Crippen LogP contribution in [0.1, 0.15) is 45.2 Å². The summed E-state index contributed by atoms with van der Waals surface area (Å²) in [4.78, 5) is 41.7. The fraction of sp³-hybridized carbons (Fsp3) is 0.591. The molecule has 0 spiro atoms. The molecule has 170 valence electrons. The summed E-state index contributed by atoms with van der Waals surface area (Å²) in [5.41, 5.74) is 2.03. The fourth-order valence-electron chi connectivity index (χ4n) is 4.15. The van der Waals surface area contributed by atoms with Crippen molar-refractivity contribution >= 4 is 29.3 Å².